The Kier molecular flexibility index (Phi) is 4.08. The molecule has 1 aliphatic rings. The van der Waals surface area contributed by atoms with Gasteiger partial charge in [-0.1, -0.05) is 30.3 Å². The summed E-state index contributed by atoms with van der Waals surface area (Å²) in [5, 5.41) is 6.41. The van der Waals surface area contributed by atoms with Gasteiger partial charge in [-0.3, -0.25) is 4.79 Å². The first-order valence-corrected chi connectivity index (χ1v) is 8.88. The maximum absolute atomic E-state index is 12.4. The number of carbonyl (C=O) groups is 1. The van der Waals surface area contributed by atoms with Crippen molar-refractivity contribution >= 4 is 17.2 Å². The van der Waals surface area contributed by atoms with Crippen LogP contribution in [0.5, 0.6) is 0 Å². The summed E-state index contributed by atoms with van der Waals surface area (Å²) < 4.78 is 1.94. The van der Waals surface area contributed by atoms with Crippen LogP contribution in [-0.2, 0) is 19.4 Å². The Morgan fingerprint density at radius 1 is 1.17 bits per heavy atom. The molecule has 0 N–H and O–H groups in total. The van der Waals surface area contributed by atoms with Gasteiger partial charge in [0.05, 0.1) is 12.1 Å². The van der Waals surface area contributed by atoms with Crippen molar-refractivity contribution in [2.24, 2.45) is 0 Å². The van der Waals surface area contributed by atoms with Gasteiger partial charge in [-0.2, -0.15) is 5.10 Å². The van der Waals surface area contributed by atoms with Crippen molar-refractivity contribution in [3.05, 3.63) is 64.1 Å². The number of hydrogen-bond acceptors (Lipinski definition) is 5. The quantitative estimate of drug-likeness (QED) is 0.732. The number of aromatic nitrogens is 4. The minimum Gasteiger partial charge on any atom is -0.335 e. The molecule has 1 aromatic carbocycles. The molecule has 0 unspecified atom stereocenters. The average Bonchev–Trinajstić information content (AvgIpc) is 3.22. The van der Waals surface area contributed by atoms with E-state index in [9.17, 15) is 4.79 Å². The zero-order chi connectivity index (χ0) is 16.4. The van der Waals surface area contributed by atoms with Gasteiger partial charge in [-0.05, 0) is 5.56 Å². The second-order valence-electron chi connectivity index (χ2n) is 5.75. The van der Waals surface area contributed by atoms with Crippen LogP contribution in [-0.4, -0.2) is 43.6 Å². The van der Waals surface area contributed by atoms with Crippen molar-refractivity contribution in [3.8, 4) is 0 Å². The van der Waals surface area contributed by atoms with Crippen LogP contribution in [0.25, 0.3) is 0 Å². The summed E-state index contributed by atoms with van der Waals surface area (Å²) in [6.07, 6.45) is 1.46. The predicted octanol–water partition coefficient (Wildman–Crippen LogP) is 2.02. The van der Waals surface area contributed by atoms with Crippen LogP contribution in [0.4, 0.5) is 0 Å². The molecular weight excluding hydrogens is 322 g/mol. The van der Waals surface area contributed by atoms with Crippen LogP contribution in [0.15, 0.2) is 41.2 Å². The van der Waals surface area contributed by atoms with E-state index in [1.54, 1.807) is 10.9 Å². The monoisotopic (exact) mass is 339 g/mol. The zero-order valence-corrected chi connectivity index (χ0v) is 13.9. The molecule has 3 aromatic rings. The number of rotatable bonds is 3. The topological polar surface area (TPSA) is 63.9 Å². The molecule has 0 spiro atoms. The first-order valence-electron chi connectivity index (χ1n) is 7.93. The number of fused-ring (bicyclic) bond motifs is 1. The summed E-state index contributed by atoms with van der Waals surface area (Å²) in [6, 6.07) is 10.2. The van der Waals surface area contributed by atoms with Crippen LogP contribution in [0, 0.1) is 0 Å². The van der Waals surface area contributed by atoms with E-state index in [2.05, 4.69) is 27.2 Å². The lowest BCUT2D eigenvalue weighted by molar-refractivity contribution is 0.0753. The van der Waals surface area contributed by atoms with E-state index in [4.69, 9.17) is 0 Å². The molecule has 122 valence electrons. The molecule has 1 aliphatic heterocycles. The van der Waals surface area contributed by atoms with Crippen LogP contribution >= 0.6 is 11.3 Å². The fourth-order valence-corrected chi connectivity index (χ4v) is 3.41. The van der Waals surface area contributed by atoms with E-state index < -0.39 is 0 Å². The molecule has 0 radical (unpaired) electrons. The highest BCUT2D eigenvalue weighted by atomic mass is 32.1. The van der Waals surface area contributed by atoms with E-state index in [0.29, 0.717) is 25.3 Å². The van der Waals surface area contributed by atoms with Crippen molar-refractivity contribution in [1.29, 1.82) is 0 Å². The molecule has 0 atom stereocenters. The minimum atomic E-state index is -0.00786. The lowest BCUT2D eigenvalue weighted by Crippen LogP contribution is -2.34. The fourth-order valence-electron chi connectivity index (χ4n) is 2.89. The molecule has 0 bridgehead atoms. The smallest absolute Gasteiger partial charge is 0.273 e. The Morgan fingerprint density at radius 3 is 2.83 bits per heavy atom. The minimum absolute atomic E-state index is 0.00786. The molecule has 0 saturated carbocycles. The van der Waals surface area contributed by atoms with Gasteiger partial charge >= 0.3 is 0 Å². The molecule has 1 amide bonds. The van der Waals surface area contributed by atoms with E-state index in [1.807, 2.05) is 27.8 Å². The first-order chi connectivity index (χ1) is 11.8. The van der Waals surface area contributed by atoms with Gasteiger partial charge in [0.25, 0.3) is 5.91 Å². The number of hydrogen-bond donors (Lipinski definition) is 0. The molecule has 24 heavy (non-hydrogen) atoms. The Bertz CT molecular complexity index is 803. The summed E-state index contributed by atoms with van der Waals surface area (Å²) in [4.78, 5) is 23.0. The number of benzene rings is 1. The van der Waals surface area contributed by atoms with E-state index in [1.165, 1.54) is 16.9 Å². The third-order valence-electron chi connectivity index (χ3n) is 4.12. The number of carbonyl (C=O) groups excluding carboxylic acids is 1. The molecule has 0 saturated heterocycles. The third kappa shape index (κ3) is 3.07. The molecule has 7 heteroatoms. The van der Waals surface area contributed by atoms with Crippen molar-refractivity contribution in [3.63, 3.8) is 0 Å². The molecular formula is C17H17N5OS. The zero-order valence-electron chi connectivity index (χ0n) is 13.1. The standard InChI is InChI=1S/C17H17N5OS/c23-17(14-11-24-12-18-14)21-7-6-16-19-15(20-22(16)9-8-21)10-13-4-2-1-3-5-13/h1-5,11-12H,6-10H2. The maximum atomic E-state index is 12.4. The van der Waals surface area contributed by atoms with E-state index in [-0.39, 0.29) is 5.91 Å². The summed E-state index contributed by atoms with van der Waals surface area (Å²) >= 11 is 1.44. The molecule has 2 aromatic heterocycles. The van der Waals surface area contributed by atoms with Crippen LogP contribution in [0.2, 0.25) is 0 Å². The molecule has 0 fully saturated rings. The summed E-state index contributed by atoms with van der Waals surface area (Å²) in [6.45, 7) is 1.96. The maximum Gasteiger partial charge on any atom is 0.273 e. The first kappa shape index (κ1) is 15.0. The second-order valence-corrected chi connectivity index (χ2v) is 6.46. The van der Waals surface area contributed by atoms with Gasteiger partial charge in [0.2, 0.25) is 0 Å². The Balaban J connectivity index is 1.45. The second kappa shape index (κ2) is 6.52. The SMILES string of the molecule is O=C(c1cscn1)N1CCc2nc(Cc3ccccc3)nn2CC1. The van der Waals surface area contributed by atoms with Crippen LogP contribution < -0.4 is 0 Å². The van der Waals surface area contributed by atoms with Crippen molar-refractivity contribution in [1.82, 2.24) is 24.6 Å². The van der Waals surface area contributed by atoms with Gasteiger partial charge in [0.15, 0.2) is 5.82 Å². The Labute approximate surface area is 143 Å². The van der Waals surface area contributed by atoms with Gasteiger partial charge in [0, 0.05) is 31.3 Å². The fraction of sp³-hybridized carbons (Fsp3) is 0.294. The van der Waals surface area contributed by atoms with Gasteiger partial charge in [-0.25, -0.2) is 14.6 Å². The predicted molar refractivity (Wildman–Crippen MR) is 91.0 cm³/mol. The lowest BCUT2D eigenvalue weighted by atomic mass is 10.1. The summed E-state index contributed by atoms with van der Waals surface area (Å²) in [5.74, 6) is 1.79. The Hall–Kier alpha value is -2.54. The molecule has 4 rings (SSSR count). The van der Waals surface area contributed by atoms with Crippen molar-refractivity contribution in [2.45, 2.75) is 19.4 Å². The normalized spacial score (nSPS) is 14.2. The van der Waals surface area contributed by atoms with Crippen molar-refractivity contribution < 1.29 is 4.79 Å². The summed E-state index contributed by atoms with van der Waals surface area (Å²) in [5.41, 5.74) is 3.42. The number of nitrogens with zero attached hydrogens (tertiary/aromatic N) is 5. The van der Waals surface area contributed by atoms with E-state index in [0.717, 1.165) is 24.5 Å². The highest BCUT2D eigenvalue weighted by Gasteiger charge is 2.22. The van der Waals surface area contributed by atoms with Gasteiger partial charge < -0.3 is 4.90 Å². The van der Waals surface area contributed by atoms with Gasteiger partial charge in [-0.15, -0.1) is 11.3 Å². The lowest BCUT2D eigenvalue weighted by Gasteiger charge is -2.18. The number of amides is 1. The average molecular weight is 339 g/mol. The number of thiazole rings is 1. The molecule has 0 aliphatic carbocycles. The Morgan fingerprint density at radius 2 is 2.04 bits per heavy atom. The summed E-state index contributed by atoms with van der Waals surface area (Å²) in [7, 11) is 0. The van der Waals surface area contributed by atoms with Crippen LogP contribution in [0.1, 0.15) is 27.7 Å². The van der Waals surface area contributed by atoms with Crippen molar-refractivity contribution in [2.75, 3.05) is 13.1 Å². The van der Waals surface area contributed by atoms with E-state index >= 15 is 0 Å². The highest BCUT2D eigenvalue weighted by molar-refractivity contribution is 7.07. The van der Waals surface area contributed by atoms with Crippen LogP contribution in [0.3, 0.4) is 0 Å². The molecule has 6 nitrogen and oxygen atoms in total. The molecule has 3 heterocycles. The van der Waals surface area contributed by atoms with Gasteiger partial charge in [0.1, 0.15) is 11.5 Å². The third-order valence-corrected chi connectivity index (χ3v) is 4.71. The highest BCUT2D eigenvalue weighted by Crippen LogP contribution is 2.13. The largest absolute Gasteiger partial charge is 0.335 e.